The molecule has 4 fully saturated rings. The molecule has 6 atom stereocenters. The number of aliphatic hydroxyl groups is 2. The molecule has 4 rings (SSSR count). The number of allylic oxidation sites excluding steroid dienone is 3. The highest BCUT2D eigenvalue weighted by Gasteiger charge is 2.50. The fraction of sp³-hybridized carbons (Fsp3) is 0.778. The Hall–Kier alpha value is -0.940. The standard InChI is InChI=1S/C27H43NO3/c1-19(10-12-28-13-15-31-16-14-28)24-8-9-25-21(5-4-11-27(24,25)3)6-7-22-17-23(29)18-26(30)20(22)2/h6-7,19,23-26,29-30H,2,4-5,8-18H2,1,3H3/b21-6+,22-7+/t19-,23?,24-,25+,26?,27-/m1/s1. The summed E-state index contributed by atoms with van der Waals surface area (Å²) in [6.07, 6.45) is 12.2. The second-order valence-electron chi connectivity index (χ2n) is 10.9. The molecule has 0 bridgehead atoms. The van der Waals surface area contributed by atoms with Crippen molar-refractivity contribution in [1.29, 1.82) is 0 Å². The summed E-state index contributed by atoms with van der Waals surface area (Å²) in [4.78, 5) is 2.58. The van der Waals surface area contributed by atoms with Gasteiger partial charge in [-0.3, -0.25) is 4.90 Å². The summed E-state index contributed by atoms with van der Waals surface area (Å²) in [6, 6.07) is 0. The van der Waals surface area contributed by atoms with Crippen LogP contribution in [0.15, 0.2) is 35.5 Å². The van der Waals surface area contributed by atoms with Gasteiger partial charge in [0.15, 0.2) is 0 Å². The fourth-order valence-electron chi connectivity index (χ4n) is 7.09. The van der Waals surface area contributed by atoms with Gasteiger partial charge in [0.1, 0.15) is 0 Å². The Labute approximate surface area is 189 Å². The minimum absolute atomic E-state index is 0.412. The number of morpholine rings is 1. The summed E-state index contributed by atoms with van der Waals surface area (Å²) in [5, 5.41) is 20.2. The first kappa shape index (κ1) is 23.2. The van der Waals surface area contributed by atoms with Crippen molar-refractivity contribution < 1.29 is 14.9 Å². The Balaban J connectivity index is 1.42. The molecule has 0 aromatic rings. The van der Waals surface area contributed by atoms with Crippen molar-refractivity contribution in [3.63, 3.8) is 0 Å². The number of aliphatic hydroxyl groups excluding tert-OH is 2. The molecule has 3 saturated carbocycles. The van der Waals surface area contributed by atoms with Crippen LogP contribution in [0.1, 0.15) is 65.2 Å². The molecule has 0 spiro atoms. The van der Waals surface area contributed by atoms with Crippen LogP contribution in [0.5, 0.6) is 0 Å². The minimum atomic E-state index is -0.604. The maximum atomic E-state index is 10.2. The number of rotatable bonds is 5. The molecule has 0 amide bonds. The molecule has 1 heterocycles. The monoisotopic (exact) mass is 429 g/mol. The van der Waals surface area contributed by atoms with E-state index in [1.165, 1.54) is 45.1 Å². The van der Waals surface area contributed by atoms with Gasteiger partial charge in [-0.25, -0.2) is 0 Å². The van der Waals surface area contributed by atoms with Crippen molar-refractivity contribution in [3.8, 4) is 0 Å². The van der Waals surface area contributed by atoms with E-state index in [4.69, 9.17) is 4.74 Å². The van der Waals surface area contributed by atoms with Crippen LogP contribution < -0.4 is 0 Å². The molecule has 0 radical (unpaired) electrons. The lowest BCUT2D eigenvalue weighted by Gasteiger charge is -2.44. The summed E-state index contributed by atoms with van der Waals surface area (Å²) in [5.41, 5.74) is 3.82. The fourth-order valence-corrected chi connectivity index (χ4v) is 7.09. The summed E-state index contributed by atoms with van der Waals surface area (Å²) in [5.74, 6) is 2.25. The molecule has 1 aliphatic heterocycles. The number of hydrogen-bond donors (Lipinski definition) is 2. The topological polar surface area (TPSA) is 52.9 Å². The van der Waals surface area contributed by atoms with Crippen molar-refractivity contribution in [2.24, 2.45) is 23.2 Å². The van der Waals surface area contributed by atoms with Crippen LogP contribution in [-0.4, -0.2) is 60.2 Å². The first-order valence-corrected chi connectivity index (χ1v) is 12.6. The van der Waals surface area contributed by atoms with Crippen LogP contribution >= 0.6 is 0 Å². The van der Waals surface area contributed by atoms with E-state index in [9.17, 15) is 10.2 Å². The average Bonchev–Trinajstić information content (AvgIpc) is 3.12. The molecule has 4 heteroatoms. The van der Waals surface area contributed by atoms with E-state index in [0.717, 1.165) is 49.3 Å². The molecule has 31 heavy (non-hydrogen) atoms. The van der Waals surface area contributed by atoms with Crippen molar-refractivity contribution >= 4 is 0 Å². The van der Waals surface area contributed by atoms with Gasteiger partial charge in [0.2, 0.25) is 0 Å². The summed E-state index contributed by atoms with van der Waals surface area (Å²) in [7, 11) is 0. The first-order chi connectivity index (χ1) is 14.9. The highest BCUT2D eigenvalue weighted by atomic mass is 16.5. The third kappa shape index (κ3) is 5.03. The molecule has 2 unspecified atom stereocenters. The number of hydrogen-bond acceptors (Lipinski definition) is 4. The number of ether oxygens (including phenoxy) is 1. The average molecular weight is 430 g/mol. The zero-order chi connectivity index (χ0) is 22.0. The lowest BCUT2D eigenvalue weighted by molar-refractivity contribution is 0.0299. The van der Waals surface area contributed by atoms with E-state index in [2.05, 4.69) is 37.5 Å². The minimum Gasteiger partial charge on any atom is -0.393 e. The predicted octanol–water partition coefficient (Wildman–Crippen LogP) is 4.49. The third-order valence-corrected chi connectivity index (χ3v) is 8.99. The quantitative estimate of drug-likeness (QED) is 0.676. The van der Waals surface area contributed by atoms with Crippen molar-refractivity contribution in [1.82, 2.24) is 4.90 Å². The smallest absolute Gasteiger partial charge is 0.0811 e. The van der Waals surface area contributed by atoms with Gasteiger partial charge >= 0.3 is 0 Å². The molecular formula is C27H43NO3. The Morgan fingerprint density at radius 1 is 1.23 bits per heavy atom. The van der Waals surface area contributed by atoms with Crippen molar-refractivity contribution in [3.05, 3.63) is 35.5 Å². The SMILES string of the molecule is C=C1/C(=C/C=C2\CCC[C@]3(C)[C@@H]([C@H](C)CCN4CCOCC4)CC[C@@H]23)CC(O)CC1O. The largest absolute Gasteiger partial charge is 0.393 e. The van der Waals surface area contributed by atoms with Crippen LogP contribution in [-0.2, 0) is 4.74 Å². The molecule has 4 nitrogen and oxygen atoms in total. The van der Waals surface area contributed by atoms with E-state index in [1.54, 1.807) is 5.57 Å². The Morgan fingerprint density at radius 2 is 2.00 bits per heavy atom. The summed E-state index contributed by atoms with van der Waals surface area (Å²) >= 11 is 0. The number of fused-ring (bicyclic) bond motifs is 1. The van der Waals surface area contributed by atoms with Gasteiger partial charge in [0.05, 0.1) is 25.4 Å². The Kier molecular flexibility index (Phi) is 7.42. The molecule has 2 N–H and O–H groups in total. The maximum absolute atomic E-state index is 10.2. The van der Waals surface area contributed by atoms with E-state index in [1.807, 2.05) is 0 Å². The molecule has 1 saturated heterocycles. The first-order valence-electron chi connectivity index (χ1n) is 12.6. The van der Waals surface area contributed by atoms with E-state index >= 15 is 0 Å². The molecule has 3 aliphatic carbocycles. The molecule has 174 valence electrons. The molecule has 0 aromatic heterocycles. The van der Waals surface area contributed by atoms with Gasteiger partial charge < -0.3 is 14.9 Å². The van der Waals surface area contributed by atoms with E-state index in [-0.39, 0.29) is 0 Å². The molecule has 0 aromatic carbocycles. The van der Waals surface area contributed by atoms with Gasteiger partial charge in [-0.05, 0) is 85.8 Å². The van der Waals surface area contributed by atoms with Gasteiger partial charge in [-0.1, -0.05) is 38.2 Å². The van der Waals surface area contributed by atoms with Crippen molar-refractivity contribution in [2.75, 3.05) is 32.8 Å². The van der Waals surface area contributed by atoms with Crippen LogP contribution in [0.2, 0.25) is 0 Å². The van der Waals surface area contributed by atoms with Gasteiger partial charge in [0, 0.05) is 19.5 Å². The maximum Gasteiger partial charge on any atom is 0.0811 e. The zero-order valence-corrected chi connectivity index (χ0v) is 19.7. The second kappa shape index (κ2) is 9.91. The van der Waals surface area contributed by atoms with Gasteiger partial charge in [0.25, 0.3) is 0 Å². The zero-order valence-electron chi connectivity index (χ0n) is 19.7. The predicted molar refractivity (Wildman–Crippen MR) is 126 cm³/mol. The Morgan fingerprint density at radius 3 is 2.77 bits per heavy atom. The van der Waals surface area contributed by atoms with Crippen LogP contribution in [0.4, 0.5) is 0 Å². The highest BCUT2D eigenvalue weighted by Crippen LogP contribution is 2.59. The molecule has 4 aliphatic rings. The third-order valence-electron chi connectivity index (χ3n) is 8.99. The van der Waals surface area contributed by atoms with E-state index < -0.39 is 12.2 Å². The summed E-state index contributed by atoms with van der Waals surface area (Å²) in [6.45, 7) is 14.3. The lowest BCUT2D eigenvalue weighted by atomic mass is 9.61. The van der Waals surface area contributed by atoms with E-state index in [0.29, 0.717) is 24.2 Å². The van der Waals surface area contributed by atoms with Crippen LogP contribution in [0.3, 0.4) is 0 Å². The lowest BCUT2D eigenvalue weighted by Crippen LogP contribution is -2.39. The molecular weight excluding hydrogens is 386 g/mol. The summed E-state index contributed by atoms with van der Waals surface area (Å²) < 4.78 is 5.50. The normalized spacial score (nSPS) is 41.0. The highest BCUT2D eigenvalue weighted by molar-refractivity contribution is 5.38. The number of nitrogens with zero attached hydrogens (tertiary/aromatic N) is 1. The van der Waals surface area contributed by atoms with Gasteiger partial charge in [-0.2, -0.15) is 0 Å². The van der Waals surface area contributed by atoms with Crippen LogP contribution in [0.25, 0.3) is 0 Å². The Bertz CT molecular complexity index is 707. The second-order valence-corrected chi connectivity index (χ2v) is 10.9. The van der Waals surface area contributed by atoms with Crippen LogP contribution in [0, 0.1) is 23.2 Å². The van der Waals surface area contributed by atoms with Gasteiger partial charge in [-0.15, -0.1) is 0 Å². The van der Waals surface area contributed by atoms with Crippen molar-refractivity contribution in [2.45, 2.75) is 77.4 Å².